The van der Waals surface area contributed by atoms with Gasteiger partial charge in [0.1, 0.15) is 0 Å². The fraction of sp³-hybridized carbons (Fsp3) is 0.333. The highest BCUT2D eigenvalue weighted by Gasteiger charge is 2.04. The van der Waals surface area contributed by atoms with Crippen LogP contribution in [-0.2, 0) is 4.79 Å². The van der Waals surface area contributed by atoms with Gasteiger partial charge < -0.3 is 16.0 Å². The minimum Gasteiger partial charge on any atom is -0.369 e. The Bertz CT molecular complexity index is 565. The van der Waals surface area contributed by atoms with Gasteiger partial charge in [-0.05, 0) is 24.1 Å². The number of halogens is 1. The van der Waals surface area contributed by atoms with E-state index in [-0.39, 0.29) is 18.3 Å². The van der Waals surface area contributed by atoms with Crippen LogP contribution in [0.15, 0.2) is 30.5 Å². The molecular formula is C15H21ClN4O. The van der Waals surface area contributed by atoms with E-state index < -0.39 is 0 Å². The molecule has 0 aliphatic rings. The van der Waals surface area contributed by atoms with E-state index in [1.165, 1.54) is 0 Å². The second-order valence-corrected chi connectivity index (χ2v) is 4.76. The molecule has 4 N–H and O–H groups in total. The molecule has 0 atom stereocenters. The van der Waals surface area contributed by atoms with E-state index in [1.807, 2.05) is 24.3 Å². The molecule has 114 valence electrons. The second-order valence-electron chi connectivity index (χ2n) is 4.76. The molecule has 0 aliphatic carbocycles. The molecule has 0 saturated carbocycles. The molecular weight excluding hydrogens is 288 g/mol. The summed E-state index contributed by atoms with van der Waals surface area (Å²) in [6.45, 7) is 2.12. The van der Waals surface area contributed by atoms with E-state index in [9.17, 15) is 4.79 Å². The molecule has 0 saturated heterocycles. The molecule has 0 bridgehead atoms. The number of rotatable bonds is 6. The zero-order chi connectivity index (χ0) is 14.4. The number of benzene rings is 1. The average Bonchev–Trinajstić information content (AvgIpc) is 2.86. The molecule has 21 heavy (non-hydrogen) atoms. The summed E-state index contributed by atoms with van der Waals surface area (Å²) in [6.07, 6.45) is 5.41. The number of hydrogen-bond donors (Lipinski definition) is 3. The molecule has 0 unspecified atom stereocenters. The van der Waals surface area contributed by atoms with Gasteiger partial charge >= 0.3 is 0 Å². The third kappa shape index (κ3) is 5.11. The Morgan fingerprint density at radius 1 is 1.29 bits per heavy atom. The zero-order valence-corrected chi connectivity index (χ0v) is 12.9. The number of carbonyl (C=O) groups is 1. The largest absolute Gasteiger partial charge is 0.369 e. The molecule has 6 heteroatoms. The number of aromatic nitrogens is 2. The van der Waals surface area contributed by atoms with Crippen molar-refractivity contribution in [3.05, 3.63) is 30.5 Å². The summed E-state index contributed by atoms with van der Waals surface area (Å²) in [5.41, 5.74) is 8.20. The summed E-state index contributed by atoms with van der Waals surface area (Å²) < 4.78 is 0. The summed E-state index contributed by atoms with van der Waals surface area (Å²) in [5, 5.41) is 2.90. The van der Waals surface area contributed by atoms with Crippen LogP contribution >= 0.6 is 12.4 Å². The van der Waals surface area contributed by atoms with Gasteiger partial charge in [0.15, 0.2) is 5.95 Å². The summed E-state index contributed by atoms with van der Waals surface area (Å²) in [6, 6.07) is 7.61. The van der Waals surface area contributed by atoms with Gasteiger partial charge in [0.25, 0.3) is 0 Å². The number of nitrogen functional groups attached to an aromatic ring is 1. The van der Waals surface area contributed by atoms with Crippen LogP contribution in [0.5, 0.6) is 0 Å². The van der Waals surface area contributed by atoms with Gasteiger partial charge in [0, 0.05) is 12.1 Å². The normalized spacial score (nSPS) is 9.95. The lowest BCUT2D eigenvalue weighted by atomic mass is 10.1. The molecule has 1 aromatic heterocycles. The van der Waals surface area contributed by atoms with Gasteiger partial charge in [-0.1, -0.05) is 31.9 Å². The number of carbonyl (C=O) groups excluding carboxylic acids is 1. The molecule has 0 fully saturated rings. The molecule has 5 nitrogen and oxygen atoms in total. The Kier molecular flexibility index (Phi) is 6.75. The summed E-state index contributed by atoms with van der Waals surface area (Å²) in [5.74, 6) is 0.463. The number of unbranched alkanes of at least 4 members (excludes halogenated alkanes) is 2. The van der Waals surface area contributed by atoms with Crippen LogP contribution in [0.4, 0.5) is 11.6 Å². The Labute approximate surface area is 130 Å². The minimum absolute atomic E-state index is 0. The van der Waals surface area contributed by atoms with Crippen molar-refractivity contribution in [2.45, 2.75) is 32.6 Å². The van der Waals surface area contributed by atoms with Crippen molar-refractivity contribution in [3.63, 3.8) is 0 Å². The minimum atomic E-state index is 0. The third-order valence-electron chi connectivity index (χ3n) is 3.08. The van der Waals surface area contributed by atoms with Gasteiger partial charge in [0.2, 0.25) is 5.91 Å². The quantitative estimate of drug-likeness (QED) is 0.713. The molecule has 1 aromatic carbocycles. The van der Waals surface area contributed by atoms with Crippen molar-refractivity contribution in [2.75, 3.05) is 11.1 Å². The fourth-order valence-corrected chi connectivity index (χ4v) is 1.98. The second kappa shape index (κ2) is 8.32. The van der Waals surface area contributed by atoms with Crippen LogP contribution in [-0.4, -0.2) is 15.9 Å². The summed E-state index contributed by atoms with van der Waals surface area (Å²) >= 11 is 0. The Balaban J connectivity index is 0.00000220. The lowest BCUT2D eigenvalue weighted by Crippen LogP contribution is -2.10. The highest BCUT2D eigenvalue weighted by Crippen LogP contribution is 2.20. The first-order valence-electron chi connectivity index (χ1n) is 6.90. The van der Waals surface area contributed by atoms with Crippen LogP contribution in [0.3, 0.4) is 0 Å². The van der Waals surface area contributed by atoms with E-state index >= 15 is 0 Å². The smallest absolute Gasteiger partial charge is 0.224 e. The molecule has 1 amide bonds. The van der Waals surface area contributed by atoms with Crippen LogP contribution in [0.2, 0.25) is 0 Å². The Morgan fingerprint density at radius 2 is 2.00 bits per heavy atom. The first kappa shape index (κ1) is 17.0. The highest BCUT2D eigenvalue weighted by molar-refractivity contribution is 5.90. The molecule has 2 aromatic rings. The van der Waals surface area contributed by atoms with Gasteiger partial charge in [-0.15, -0.1) is 12.4 Å². The van der Waals surface area contributed by atoms with Crippen molar-refractivity contribution >= 4 is 29.9 Å². The number of nitrogens with two attached hydrogens (primary N) is 1. The molecule has 0 spiro atoms. The van der Waals surface area contributed by atoms with Crippen LogP contribution in [0.25, 0.3) is 11.3 Å². The average molecular weight is 309 g/mol. The predicted octanol–water partition coefficient (Wildman–Crippen LogP) is 3.60. The number of nitrogens with one attached hydrogen (secondary N) is 2. The maximum Gasteiger partial charge on any atom is 0.224 e. The zero-order valence-electron chi connectivity index (χ0n) is 12.1. The van der Waals surface area contributed by atoms with Crippen molar-refractivity contribution in [3.8, 4) is 11.3 Å². The summed E-state index contributed by atoms with van der Waals surface area (Å²) in [4.78, 5) is 18.6. The van der Waals surface area contributed by atoms with Crippen molar-refractivity contribution in [1.82, 2.24) is 9.97 Å². The molecule has 0 aliphatic heterocycles. The van der Waals surface area contributed by atoms with Gasteiger partial charge in [-0.25, -0.2) is 4.98 Å². The maximum absolute atomic E-state index is 11.7. The van der Waals surface area contributed by atoms with Crippen LogP contribution < -0.4 is 11.1 Å². The number of H-pyrrole nitrogens is 1. The predicted molar refractivity (Wildman–Crippen MR) is 88.5 cm³/mol. The van der Waals surface area contributed by atoms with E-state index in [0.29, 0.717) is 12.4 Å². The van der Waals surface area contributed by atoms with Gasteiger partial charge in [-0.3, -0.25) is 4.79 Å². The van der Waals surface area contributed by atoms with Crippen LogP contribution in [0, 0.1) is 0 Å². The standard InChI is InChI=1S/C15H20N4O.ClH/c1-2-3-4-5-14(20)18-12-8-6-11(7-9-12)13-10-17-15(16)19-13;/h6-10H,2-5H2,1H3,(H,18,20)(H3,16,17,19);1H. The van der Waals surface area contributed by atoms with Crippen LogP contribution in [0.1, 0.15) is 32.6 Å². The van der Waals surface area contributed by atoms with Crippen molar-refractivity contribution < 1.29 is 4.79 Å². The van der Waals surface area contributed by atoms with Crippen molar-refractivity contribution in [2.24, 2.45) is 0 Å². The number of nitrogens with zero attached hydrogens (tertiary/aromatic N) is 1. The monoisotopic (exact) mass is 308 g/mol. The lowest BCUT2D eigenvalue weighted by Gasteiger charge is -2.05. The number of hydrogen-bond acceptors (Lipinski definition) is 3. The van der Waals surface area contributed by atoms with E-state index in [4.69, 9.17) is 5.73 Å². The topological polar surface area (TPSA) is 83.8 Å². The highest BCUT2D eigenvalue weighted by atomic mass is 35.5. The SMILES string of the molecule is CCCCCC(=O)Nc1ccc(-c2cnc(N)[nH]2)cc1.Cl. The lowest BCUT2D eigenvalue weighted by molar-refractivity contribution is -0.116. The fourth-order valence-electron chi connectivity index (χ4n) is 1.98. The number of aromatic amines is 1. The van der Waals surface area contributed by atoms with Crippen molar-refractivity contribution in [1.29, 1.82) is 0 Å². The third-order valence-corrected chi connectivity index (χ3v) is 3.08. The Morgan fingerprint density at radius 3 is 2.57 bits per heavy atom. The maximum atomic E-state index is 11.7. The molecule has 0 radical (unpaired) electrons. The number of amides is 1. The first-order valence-corrected chi connectivity index (χ1v) is 6.90. The van der Waals surface area contributed by atoms with E-state index in [2.05, 4.69) is 22.2 Å². The van der Waals surface area contributed by atoms with Gasteiger partial charge in [0.05, 0.1) is 11.9 Å². The first-order chi connectivity index (χ1) is 9.69. The van der Waals surface area contributed by atoms with E-state index in [1.54, 1.807) is 6.20 Å². The number of imidazole rings is 1. The molecule has 1 heterocycles. The Hall–Kier alpha value is -2.01. The molecule has 2 rings (SSSR count). The summed E-state index contributed by atoms with van der Waals surface area (Å²) in [7, 11) is 0. The van der Waals surface area contributed by atoms with Gasteiger partial charge in [-0.2, -0.15) is 0 Å². The van der Waals surface area contributed by atoms with E-state index in [0.717, 1.165) is 36.2 Å². The number of anilines is 2.